The Labute approximate surface area is 181 Å². The molecule has 0 unspecified atom stereocenters. The fraction of sp³-hybridized carbons (Fsp3) is 0.409. The molecular weight excluding hydrogens is 407 g/mol. The lowest BCUT2D eigenvalue weighted by molar-refractivity contribution is 0.0981. The van der Waals surface area contributed by atoms with Crippen molar-refractivity contribution >= 4 is 28.8 Å². The highest BCUT2D eigenvalue weighted by molar-refractivity contribution is 6.31. The summed E-state index contributed by atoms with van der Waals surface area (Å²) in [4.78, 5) is 6.77. The number of ether oxygens (including phenoxy) is 2. The van der Waals surface area contributed by atoms with Gasteiger partial charge in [-0.3, -0.25) is 0 Å². The van der Waals surface area contributed by atoms with Crippen LogP contribution in [0.2, 0.25) is 5.02 Å². The molecule has 0 bridgehead atoms. The fourth-order valence-corrected chi connectivity index (χ4v) is 3.72. The van der Waals surface area contributed by atoms with Gasteiger partial charge in [0.1, 0.15) is 17.8 Å². The molecule has 1 fully saturated rings. The summed E-state index contributed by atoms with van der Waals surface area (Å²) in [5, 5.41) is -0.0230. The number of nitrogen functional groups attached to an aromatic ring is 1. The van der Waals surface area contributed by atoms with Crippen LogP contribution in [0, 0.1) is 5.82 Å². The van der Waals surface area contributed by atoms with Crippen LogP contribution in [0.1, 0.15) is 31.7 Å². The number of nitrogens with two attached hydrogens (primary N) is 2. The number of halogens is 2. The van der Waals surface area contributed by atoms with E-state index in [1.807, 2.05) is 0 Å². The van der Waals surface area contributed by atoms with Gasteiger partial charge in [0, 0.05) is 30.4 Å². The maximum Gasteiger partial charge on any atom is 0.162 e. The van der Waals surface area contributed by atoms with E-state index in [9.17, 15) is 4.39 Å². The second-order valence-corrected chi connectivity index (χ2v) is 7.75. The van der Waals surface area contributed by atoms with Gasteiger partial charge in [-0.1, -0.05) is 18.5 Å². The lowest BCUT2D eigenvalue weighted by Gasteiger charge is -2.32. The third-order valence-corrected chi connectivity index (χ3v) is 5.42. The van der Waals surface area contributed by atoms with Crippen molar-refractivity contribution in [1.29, 1.82) is 0 Å². The highest BCUT2D eigenvalue weighted by atomic mass is 35.5. The maximum atomic E-state index is 13.4. The molecule has 2 aromatic rings. The van der Waals surface area contributed by atoms with E-state index >= 15 is 0 Å². The summed E-state index contributed by atoms with van der Waals surface area (Å²) in [5.41, 5.74) is 13.7. The minimum absolute atomic E-state index is 0.0230. The van der Waals surface area contributed by atoms with Crippen LogP contribution in [0.15, 0.2) is 35.3 Å². The van der Waals surface area contributed by atoms with E-state index < -0.39 is 5.82 Å². The first-order valence-electron chi connectivity index (χ1n) is 10.1. The third kappa shape index (κ3) is 5.34. The fourth-order valence-electron chi connectivity index (χ4n) is 3.55. The van der Waals surface area contributed by atoms with Crippen molar-refractivity contribution in [1.82, 2.24) is 4.90 Å². The number of anilines is 1. The quantitative estimate of drug-likeness (QED) is 0.384. The molecule has 0 saturated carbocycles. The Hall–Kier alpha value is -2.51. The molecule has 0 aromatic heterocycles. The Bertz CT molecular complexity index is 914. The van der Waals surface area contributed by atoms with Crippen LogP contribution >= 0.6 is 11.6 Å². The molecule has 1 saturated heterocycles. The molecule has 8 heteroatoms. The molecule has 0 aliphatic carbocycles. The molecule has 6 nitrogen and oxygen atoms in total. The molecule has 1 aliphatic rings. The molecular formula is C22H28ClFN4O2. The van der Waals surface area contributed by atoms with Crippen LogP contribution in [0.5, 0.6) is 11.5 Å². The number of hydrogen-bond donors (Lipinski definition) is 2. The molecule has 0 amide bonds. The zero-order chi connectivity index (χ0) is 21.7. The highest BCUT2D eigenvalue weighted by Crippen LogP contribution is 2.34. The smallest absolute Gasteiger partial charge is 0.162 e. The lowest BCUT2D eigenvalue weighted by atomic mass is 10.1. The molecule has 30 heavy (non-hydrogen) atoms. The summed E-state index contributed by atoms with van der Waals surface area (Å²) in [6, 6.07) is 7.57. The first kappa shape index (κ1) is 22.2. The van der Waals surface area contributed by atoms with Crippen molar-refractivity contribution in [2.45, 2.75) is 32.3 Å². The summed E-state index contributed by atoms with van der Waals surface area (Å²) in [6.45, 7) is 5.33. The van der Waals surface area contributed by atoms with Gasteiger partial charge in [-0.15, -0.1) is 0 Å². The number of likely N-dealkylation sites (tertiary alicyclic amines) is 1. The minimum Gasteiger partial charge on any atom is -0.493 e. The number of methoxy groups -OCH3 is 1. The molecule has 1 aliphatic heterocycles. The van der Waals surface area contributed by atoms with Gasteiger partial charge in [0.25, 0.3) is 0 Å². The van der Waals surface area contributed by atoms with Crippen molar-refractivity contribution < 1.29 is 13.9 Å². The van der Waals surface area contributed by atoms with Gasteiger partial charge < -0.3 is 25.8 Å². The summed E-state index contributed by atoms with van der Waals surface area (Å²) >= 11 is 5.83. The standard InChI is InChI=1S/C22H28ClFN4O2/c1-3-8-28-9-6-15(7-10-28)30-21-12-16(19(25)13-20(21)29-2)22(26)27-14-4-5-18(24)17(23)11-14/h4-5,11-13,15H,3,6-10,25H2,1-2H3,(H2,26,27). The Morgan fingerprint density at radius 1 is 1.23 bits per heavy atom. The van der Waals surface area contributed by atoms with Crippen LogP contribution in [-0.2, 0) is 0 Å². The molecule has 2 aromatic carbocycles. The summed E-state index contributed by atoms with van der Waals surface area (Å²) < 4.78 is 25.1. The van der Waals surface area contributed by atoms with E-state index in [2.05, 4.69) is 16.8 Å². The SMILES string of the molecule is CCCN1CCC(Oc2cc(C(N)=Nc3ccc(F)c(Cl)c3)c(N)cc2OC)CC1. The Morgan fingerprint density at radius 2 is 1.97 bits per heavy atom. The predicted molar refractivity (Wildman–Crippen MR) is 120 cm³/mol. The largest absolute Gasteiger partial charge is 0.493 e. The first-order chi connectivity index (χ1) is 14.4. The number of rotatable bonds is 7. The summed E-state index contributed by atoms with van der Waals surface area (Å²) in [5.74, 6) is 0.787. The molecule has 0 atom stereocenters. The van der Waals surface area contributed by atoms with Gasteiger partial charge in [-0.25, -0.2) is 9.38 Å². The molecule has 0 radical (unpaired) electrons. The predicted octanol–water partition coefficient (Wildman–Crippen LogP) is 4.36. The van der Waals surface area contributed by atoms with E-state index in [0.29, 0.717) is 28.4 Å². The normalized spacial score (nSPS) is 15.9. The van der Waals surface area contributed by atoms with Crippen LogP contribution in [0.3, 0.4) is 0 Å². The molecule has 4 N–H and O–H groups in total. The second-order valence-electron chi connectivity index (χ2n) is 7.34. The van der Waals surface area contributed by atoms with E-state index in [1.165, 1.54) is 18.2 Å². The topological polar surface area (TPSA) is 86.1 Å². The van der Waals surface area contributed by atoms with E-state index in [1.54, 1.807) is 19.2 Å². The average molecular weight is 435 g/mol. The Morgan fingerprint density at radius 3 is 2.60 bits per heavy atom. The van der Waals surface area contributed by atoms with Gasteiger partial charge in [-0.05, 0) is 50.1 Å². The van der Waals surface area contributed by atoms with E-state index in [0.717, 1.165) is 38.9 Å². The van der Waals surface area contributed by atoms with Crippen molar-refractivity contribution in [2.24, 2.45) is 10.7 Å². The molecule has 162 valence electrons. The van der Waals surface area contributed by atoms with Gasteiger partial charge in [0.05, 0.1) is 17.8 Å². The Balaban J connectivity index is 1.82. The molecule has 3 rings (SSSR count). The zero-order valence-corrected chi connectivity index (χ0v) is 18.1. The van der Waals surface area contributed by atoms with Crippen molar-refractivity contribution in [2.75, 3.05) is 32.5 Å². The number of piperidine rings is 1. The average Bonchev–Trinajstić information content (AvgIpc) is 2.73. The minimum atomic E-state index is -0.515. The van der Waals surface area contributed by atoms with Crippen molar-refractivity contribution in [3.05, 3.63) is 46.7 Å². The Kier molecular flexibility index (Phi) is 7.39. The van der Waals surface area contributed by atoms with Gasteiger partial charge in [-0.2, -0.15) is 0 Å². The number of nitrogens with zero attached hydrogens (tertiary/aromatic N) is 2. The van der Waals surface area contributed by atoms with Crippen LogP contribution < -0.4 is 20.9 Å². The highest BCUT2D eigenvalue weighted by Gasteiger charge is 2.22. The summed E-state index contributed by atoms with van der Waals surface area (Å²) in [7, 11) is 1.57. The van der Waals surface area contributed by atoms with Crippen molar-refractivity contribution in [3.63, 3.8) is 0 Å². The number of benzene rings is 2. The number of aliphatic imine (C=N–C) groups is 1. The van der Waals surface area contributed by atoms with Crippen LogP contribution in [0.25, 0.3) is 0 Å². The van der Waals surface area contributed by atoms with Crippen molar-refractivity contribution in [3.8, 4) is 11.5 Å². The van der Waals surface area contributed by atoms with E-state index in [-0.39, 0.29) is 17.0 Å². The first-order valence-corrected chi connectivity index (χ1v) is 10.4. The van der Waals surface area contributed by atoms with Crippen LogP contribution in [-0.4, -0.2) is 43.6 Å². The monoisotopic (exact) mass is 434 g/mol. The van der Waals surface area contributed by atoms with Gasteiger partial charge in [0.2, 0.25) is 0 Å². The van der Waals surface area contributed by atoms with Crippen LogP contribution in [0.4, 0.5) is 15.8 Å². The zero-order valence-electron chi connectivity index (χ0n) is 17.3. The van der Waals surface area contributed by atoms with Gasteiger partial charge >= 0.3 is 0 Å². The lowest BCUT2D eigenvalue weighted by Crippen LogP contribution is -2.38. The van der Waals surface area contributed by atoms with E-state index in [4.69, 9.17) is 32.5 Å². The maximum absolute atomic E-state index is 13.4. The molecule has 0 spiro atoms. The van der Waals surface area contributed by atoms with Gasteiger partial charge in [0.15, 0.2) is 11.5 Å². The summed E-state index contributed by atoms with van der Waals surface area (Å²) in [6.07, 6.45) is 3.14. The second kappa shape index (κ2) is 10.00. The number of hydrogen-bond acceptors (Lipinski definition) is 5. The number of amidine groups is 1. The molecule has 1 heterocycles. The third-order valence-electron chi connectivity index (χ3n) is 5.13.